The molecular formula is C15H18O3. The molecule has 1 aromatic carbocycles. The number of allylic oxidation sites excluding steroid dienone is 2. The summed E-state index contributed by atoms with van der Waals surface area (Å²) in [6.45, 7) is 1.22. The second-order valence-corrected chi connectivity index (χ2v) is 4.54. The second-order valence-electron chi connectivity index (χ2n) is 4.54. The zero-order valence-corrected chi connectivity index (χ0v) is 10.6. The van der Waals surface area contributed by atoms with Crippen LogP contribution in [0.4, 0.5) is 0 Å². The largest absolute Gasteiger partial charge is 0.497 e. The second kappa shape index (κ2) is 6.36. The topological polar surface area (TPSA) is 35.5 Å². The van der Waals surface area contributed by atoms with Crippen molar-refractivity contribution in [1.29, 1.82) is 0 Å². The molecule has 1 atom stereocenters. The van der Waals surface area contributed by atoms with Crippen LogP contribution in [-0.4, -0.2) is 19.5 Å². The fraction of sp³-hybridized carbons (Fsp3) is 0.400. The highest BCUT2D eigenvalue weighted by atomic mass is 16.5. The Balaban J connectivity index is 1.74. The summed E-state index contributed by atoms with van der Waals surface area (Å²) in [7, 11) is 1.65. The molecule has 0 amide bonds. The minimum atomic E-state index is 0.208. The average Bonchev–Trinajstić information content (AvgIpc) is 2.40. The summed E-state index contributed by atoms with van der Waals surface area (Å²) in [6.07, 6.45) is 5.15. The van der Waals surface area contributed by atoms with E-state index in [1.807, 2.05) is 30.3 Å². The van der Waals surface area contributed by atoms with E-state index in [2.05, 4.69) is 0 Å². The molecule has 0 unspecified atom stereocenters. The minimum absolute atomic E-state index is 0.208. The lowest BCUT2D eigenvalue weighted by Crippen LogP contribution is -2.16. The van der Waals surface area contributed by atoms with E-state index in [0.717, 1.165) is 17.7 Å². The molecule has 0 spiro atoms. The molecule has 0 saturated heterocycles. The van der Waals surface area contributed by atoms with E-state index in [9.17, 15) is 4.79 Å². The van der Waals surface area contributed by atoms with Gasteiger partial charge in [-0.2, -0.15) is 0 Å². The molecule has 0 fully saturated rings. The van der Waals surface area contributed by atoms with Crippen molar-refractivity contribution < 1.29 is 14.3 Å². The summed E-state index contributed by atoms with van der Waals surface area (Å²) < 4.78 is 10.7. The Hall–Kier alpha value is -1.61. The zero-order chi connectivity index (χ0) is 12.8. The van der Waals surface area contributed by atoms with Crippen molar-refractivity contribution in [3.05, 3.63) is 42.0 Å². The third-order valence-electron chi connectivity index (χ3n) is 3.04. The van der Waals surface area contributed by atoms with E-state index in [4.69, 9.17) is 9.47 Å². The van der Waals surface area contributed by atoms with Gasteiger partial charge < -0.3 is 9.47 Å². The molecule has 18 heavy (non-hydrogen) atoms. The summed E-state index contributed by atoms with van der Waals surface area (Å²) in [4.78, 5) is 11.2. The monoisotopic (exact) mass is 246 g/mol. The molecule has 3 nitrogen and oxygen atoms in total. The van der Waals surface area contributed by atoms with Crippen LogP contribution in [0.1, 0.15) is 18.4 Å². The van der Waals surface area contributed by atoms with E-state index >= 15 is 0 Å². The van der Waals surface area contributed by atoms with E-state index < -0.39 is 0 Å². The molecule has 0 radical (unpaired) electrons. The molecule has 2 rings (SSSR count). The lowest BCUT2D eigenvalue weighted by molar-refractivity contribution is -0.116. The summed E-state index contributed by atoms with van der Waals surface area (Å²) in [5.41, 5.74) is 1.12. The van der Waals surface area contributed by atoms with Crippen LogP contribution >= 0.6 is 0 Å². The van der Waals surface area contributed by atoms with Gasteiger partial charge in [0, 0.05) is 6.42 Å². The van der Waals surface area contributed by atoms with Gasteiger partial charge in [0.1, 0.15) is 5.75 Å². The lowest BCUT2D eigenvalue weighted by Gasteiger charge is -2.16. The van der Waals surface area contributed by atoms with Gasteiger partial charge >= 0.3 is 0 Å². The molecule has 96 valence electrons. The maximum atomic E-state index is 11.2. The number of carbonyl (C=O) groups is 1. The Morgan fingerprint density at radius 1 is 1.28 bits per heavy atom. The minimum Gasteiger partial charge on any atom is -0.497 e. The highest BCUT2D eigenvalue weighted by Crippen LogP contribution is 2.17. The first-order valence-corrected chi connectivity index (χ1v) is 6.18. The fourth-order valence-electron chi connectivity index (χ4n) is 2.02. The predicted octanol–water partition coefficient (Wildman–Crippen LogP) is 2.75. The fourth-order valence-corrected chi connectivity index (χ4v) is 2.02. The Kier molecular flexibility index (Phi) is 4.53. The van der Waals surface area contributed by atoms with Crippen molar-refractivity contribution >= 4 is 5.78 Å². The van der Waals surface area contributed by atoms with Gasteiger partial charge in [-0.15, -0.1) is 0 Å². The molecule has 3 heteroatoms. The lowest BCUT2D eigenvalue weighted by atomic mass is 9.94. The van der Waals surface area contributed by atoms with Crippen LogP contribution in [-0.2, 0) is 16.1 Å². The first kappa shape index (κ1) is 12.8. The molecule has 0 bridgehead atoms. The van der Waals surface area contributed by atoms with E-state index in [0.29, 0.717) is 25.6 Å². The molecule has 1 aliphatic carbocycles. The van der Waals surface area contributed by atoms with E-state index in [1.54, 1.807) is 13.2 Å². The van der Waals surface area contributed by atoms with Gasteiger partial charge in [-0.1, -0.05) is 18.2 Å². The van der Waals surface area contributed by atoms with Gasteiger partial charge in [-0.05, 0) is 36.1 Å². The number of rotatable bonds is 5. The highest BCUT2D eigenvalue weighted by Gasteiger charge is 2.15. The molecule has 0 N–H and O–H groups in total. The third kappa shape index (κ3) is 3.70. The smallest absolute Gasteiger partial charge is 0.155 e. The summed E-state index contributed by atoms with van der Waals surface area (Å²) in [5.74, 6) is 1.39. The van der Waals surface area contributed by atoms with Crippen LogP contribution in [0.2, 0.25) is 0 Å². The van der Waals surface area contributed by atoms with E-state index in [-0.39, 0.29) is 5.78 Å². The van der Waals surface area contributed by atoms with Crippen molar-refractivity contribution in [2.24, 2.45) is 5.92 Å². The van der Waals surface area contributed by atoms with Crippen molar-refractivity contribution in [3.8, 4) is 5.75 Å². The van der Waals surface area contributed by atoms with Crippen LogP contribution in [0.25, 0.3) is 0 Å². The molecule has 0 aromatic heterocycles. The van der Waals surface area contributed by atoms with Crippen LogP contribution in [0.5, 0.6) is 5.75 Å². The van der Waals surface area contributed by atoms with Crippen molar-refractivity contribution in [1.82, 2.24) is 0 Å². The number of benzene rings is 1. The van der Waals surface area contributed by atoms with Gasteiger partial charge in [0.25, 0.3) is 0 Å². The Bertz CT molecular complexity index is 420. The van der Waals surface area contributed by atoms with Crippen molar-refractivity contribution in [3.63, 3.8) is 0 Å². The zero-order valence-electron chi connectivity index (χ0n) is 10.6. The van der Waals surface area contributed by atoms with Crippen molar-refractivity contribution in [2.75, 3.05) is 13.7 Å². The Labute approximate surface area is 107 Å². The van der Waals surface area contributed by atoms with Gasteiger partial charge in [0.2, 0.25) is 0 Å². The van der Waals surface area contributed by atoms with Crippen LogP contribution < -0.4 is 4.74 Å². The van der Waals surface area contributed by atoms with Crippen LogP contribution in [0.15, 0.2) is 36.4 Å². The number of hydrogen-bond donors (Lipinski definition) is 0. The van der Waals surface area contributed by atoms with E-state index in [1.165, 1.54) is 0 Å². The third-order valence-corrected chi connectivity index (χ3v) is 3.04. The number of hydrogen-bond acceptors (Lipinski definition) is 3. The highest BCUT2D eigenvalue weighted by molar-refractivity contribution is 5.90. The molecular weight excluding hydrogens is 228 g/mol. The molecule has 1 aliphatic rings. The number of carbonyl (C=O) groups excluding carboxylic acids is 1. The average molecular weight is 246 g/mol. The first-order chi connectivity index (χ1) is 8.78. The van der Waals surface area contributed by atoms with Gasteiger partial charge in [0.05, 0.1) is 20.3 Å². The predicted molar refractivity (Wildman–Crippen MR) is 69.5 cm³/mol. The first-order valence-electron chi connectivity index (χ1n) is 6.18. The molecule has 0 aliphatic heterocycles. The number of ether oxygens (including phenoxy) is 2. The summed E-state index contributed by atoms with van der Waals surface area (Å²) in [5, 5.41) is 0. The summed E-state index contributed by atoms with van der Waals surface area (Å²) in [6, 6.07) is 7.83. The van der Waals surface area contributed by atoms with Gasteiger partial charge in [-0.3, -0.25) is 4.79 Å². The van der Waals surface area contributed by atoms with Gasteiger partial charge in [-0.25, -0.2) is 0 Å². The molecule has 0 saturated carbocycles. The maximum Gasteiger partial charge on any atom is 0.155 e. The standard InChI is InChI=1S/C15H18O3/c1-17-15-7-5-12(6-8-15)10-18-11-13-3-2-4-14(16)9-13/h2,4-8,13H,3,9-11H2,1H3/t13-/m0/s1. The molecule has 1 aromatic rings. The number of ketones is 1. The quantitative estimate of drug-likeness (QED) is 0.801. The summed E-state index contributed by atoms with van der Waals surface area (Å²) >= 11 is 0. The number of methoxy groups -OCH3 is 1. The maximum absolute atomic E-state index is 11.2. The normalized spacial score (nSPS) is 18.9. The van der Waals surface area contributed by atoms with Gasteiger partial charge in [0.15, 0.2) is 5.78 Å². The van der Waals surface area contributed by atoms with Crippen LogP contribution in [0, 0.1) is 5.92 Å². The SMILES string of the molecule is COc1ccc(COC[C@H]2CC=CC(=O)C2)cc1. The van der Waals surface area contributed by atoms with Crippen LogP contribution in [0.3, 0.4) is 0 Å². The Morgan fingerprint density at radius 2 is 2.06 bits per heavy atom. The Morgan fingerprint density at radius 3 is 2.72 bits per heavy atom. The molecule has 0 heterocycles. The van der Waals surface area contributed by atoms with Crippen molar-refractivity contribution in [2.45, 2.75) is 19.4 Å².